The first kappa shape index (κ1) is 16.5. The van der Waals surface area contributed by atoms with Crippen LogP contribution in [0.1, 0.15) is 10.4 Å². The van der Waals surface area contributed by atoms with Gasteiger partial charge in [0.2, 0.25) is 0 Å². The van der Waals surface area contributed by atoms with Crippen LogP contribution in [-0.2, 0) is 0 Å². The highest BCUT2D eigenvalue weighted by Crippen LogP contribution is 2.14. The monoisotopic (exact) mass is 256 g/mol. The van der Waals surface area contributed by atoms with Crippen LogP contribution < -0.4 is 0 Å². The van der Waals surface area contributed by atoms with Gasteiger partial charge < -0.3 is 24.9 Å². The molecular weight excluding hydrogens is 246 g/mol. The van der Waals surface area contributed by atoms with Crippen molar-refractivity contribution in [3.8, 4) is 5.75 Å². The Morgan fingerprint density at radius 2 is 1.53 bits per heavy atom. The number of rotatable bonds is 1. The molecule has 5 N–H and O–H groups in total. The van der Waals surface area contributed by atoms with Gasteiger partial charge in [0.1, 0.15) is 11.3 Å². The Labute approximate surface area is 92.8 Å². The topological polar surface area (TPSA) is 118 Å². The lowest BCUT2D eigenvalue weighted by molar-refractivity contribution is 0.0693. The second-order valence-electron chi connectivity index (χ2n) is 2.09. The van der Waals surface area contributed by atoms with Crippen molar-refractivity contribution >= 4 is 27.0 Å². The summed E-state index contributed by atoms with van der Waals surface area (Å²) in [5.74, 6) is -1.31. The van der Waals surface area contributed by atoms with E-state index >= 15 is 0 Å². The maximum atomic E-state index is 10.3. The molecule has 6 nitrogen and oxygen atoms in total. The van der Waals surface area contributed by atoms with Crippen LogP contribution in [0.4, 0.5) is 0 Å². The molecule has 0 aliphatic heterocycles. The molecule has 1 aromatic carbocycles. The van der Waals surface area contributed by atoms with E-state index in [2.05, 4.69) is 0 Å². The second-order valence-corrected chi connectivity index (χ2v) is 2.63. The predicted octanol–water partition coefficient (Wildman–Crippen LogP) is 0.702. The van der Waals surface area contributed by atoms with Gasteiger partial charge >= 0.3 is 14.6 Å². The first-order valence-electron chi connectivity index (χ1n) is 3.33. The number of benzene rings is 1. The molecule has 0 aliphatic rings. The molecule has 0 amide bonds. The second kappa shape index (κ2) is 8.40. The third-order valence-electron chi connectivity index (χ3n) is 1.13. The third-order valence-corrected chi connectivity index (χ3v) is 1.13. The summed E-state index contributed by atoms with van der Waals surface area (Å²) in [6.07, 6.45) is 0. The molecule has 0 spiro atoms. The largest absolute Gasteiger partial charge is 0.507 e. The summed E-state index contributed by atoms with van der Waals surface area (Å²) in [6, 6.07) is 5.81. The van der Waals surface area contributed by atoms with Gasteiger partial charge in [-0.2, -0.15) is 0 Å². The van der Waals surface area contributed by atoms with Crippen LogP contribution in [0.3, 0.4) is 0 Å². The van der Waals surface area contributed by atoms with E-state index in [0.717, 1.165) is 0 Å². The van der Waals surface area contributed by atoms with Crippen LogP contribution in [0.25, 0.3) is 0 Å². The summed E-state index contributed by atoms with van der Waals surface area (Å²) in [4.78, 5) is 32.0. The molecule has 8 heteroatoms. The number of phenols is 1. The van der Waals surface area contributed by atoms with E-state index in [9.17, 15) is 4.79 Å². The highest BCUT2D eigenvalue weighted by atomic mass is 35.5. The van der Waals surface area contributed by atoms with E-state index in [4.69, 9.17) is 24.9 Å². The number of aromatic hydroxyl groups is 1. The van der Waals surface area contributed by atoms with E-state index in [0.29, 0.717) is 0 Å². The molecular formula is C7H10ClO6P. The fourth-order valence-electron chi connectivity index (χ4n) is 0.654. The van der Waals surface area contributed by atoms with Crippen molar-refractivity contribution in [1.29, 1.82) is 0 Å². The van der Waals surface area contributed by atoms with Gasteiger partial charge in [-0.15, -0.1) is 12.4 Å². The molecule has 15 heavy (non-hydrogen) atoms. The van der Waals surface area contributed by atoms with Crippen molar-refractivity contribution in [2.24, 2.45) is 0 Å². The Morgan fingerprint density at radius 3 is 1.80 bits per heavy atom. The lowest BCUT2D eigenvalue weighted by Gasteiger charge is -1.95. The van der Waals surface area contributed by atoms with Crippen LogP contribution in [0, 0.1) is 0 Å². The molecule has 1 aromatic rings. The van der Waals surface area contributed by atoms with Crippen LogP contribution in [0.15, 0.2) is 24.3 Å². The Morgan fingerprint density at radius 1 is 1.13 bits per heavy atom. The van der Waals surface area contributed by atoms with Gasteiger partial charge in [0, 0.05) is 0 Å². The molecule has 0 aromatic heterocycles. The van der Waals surface area contributed by atoms with Gasteiger partial charge in [-0.05, 0) is 12.1 Å². The number of hydrogen-bond donors (Lipinski definition) is 5. The zero-order valence-electron chi connectivity index (χ0n) is 7.31. The van der Waals surface area contributed by atoms with Crippen LogP contribution >= 0.6 is 21.0 Å². The van der Waals surface area contributed by atoms with Gasteiger partial charge in [-0.1, -0.05) is 12.1 Å². The molecule has 1 rings (SSSR count). The quantitative estimate of drug-likeness (QED) is 0.472. The van der Waals surface area contributed by atoms with Gasteiger partial charge in [0.25, 0.3) is 0 Å². The van der Waals surface area contributed by atoms with Crippen molar-refractivity contribution in [1.82, 2.24) is 0 Å². The van der Waals surface area contributed by atoms with E-state index in [1.165, 1.54) is 12.1 Å². The minimum atomic E-state index is -2.62. The summed E-state index contributed by atoms with van der Waals surface area (Å²) in [5, 5.41) is 17.3. The molecule has 0 radical (unpaired) electrons. The van der Waals surface area contributed by atoms with Crippen molar-refractivity contribution in [3.05, 3.63) is 29.8 Å². The maximum Gasteiger partial charge on any atom is 0.339 e. The lowest BCUT2D eigenvalue weighted by atomic mass is 10.2. The maximum absolute atomic E-state index is 10.3. The number of carboxylic acid groups (broad SMARTS) is 1. The summed E-state index contributed by atoms with van der Waals surface area (Å²) < 4.78 is 0. The molecule has 0 saturated carbocycles. The van der Waals surface area contributed by atoms with Gasteiger partial charge in [-0.3, -0.25) is 0 Å². The van der Waals surface area contributed by atoms with Crippen molar-refractivity contribution < 1.29 is 29.7 Å². The van der Waals surface area contributed by atoms with Crippen LogP contribution in [0.5, 0.6) is 5.75 Å². The fraction of sp³-hybridized carbons (Fsp3) is 0. The summed E-state index contributed by atoms with van der Waals surface area (Å²) in [5.41, 5.74) is -0.0671. The molecule has 0 fully saturated rings. The molecule has 86 valence electrons. The van der Waals surface area contributed by atoms with Gasteiger partial charge in [0.15, 0.2) is 0 Å². The Balaban J connectivity index is 0. The van der Waals surface area contributed by atoms with Crippen LogP contribution in [0.2, 0.25) is 0 Å². The SMILES string of the molecule is Cl.O=C(O)c1ccccc1O.OP(O)O. The summed E-state index contributed by atoms with van der Waals surface area (Å²) in [6.45, 7) is 0. The first-order valence-corrected chi connectivity index (χ1v) is 4.53. The number of carbonyl (C=O) groups is 1. The first-order chi connectivity index (χ1) is 6.45. The molecule has 0 aliphatic carbocycles. The predicted molar refractivity (Wildman–Crippen MR) is 55.9 cm³/mol. The molecule has 0 heterocycles. The van der Waals surface area contributed by atoms with E-state index in [-0.39, 0.29) is 23.7 Å². The third kappa shape index (κ3) is 8.11. The van der Waals surface area contributed by atoms with Crippen molar-refractivity contribution in [2.45, 2.75) is 0 Å². The van der Waals surface area contributed by atoms with E-state index < -0.39 is 14.6 Å². The number of hydrogen-bond acceptors (Lipinski definition) is 5. The zero-order valence-corrected chi connectivity index (χ0v) is 9.02. The number of halogens is 1. The fourth-order valence-corrected chi connectivity index (χ4v) is 0.654. The van der Waals surface area contributed by atoms with Gasteiger partial charge in [-0.25, -0.2) is 4.79 Å². The highest BCUT2D eigenvalue weighted by Gasteiger charge is 2.05. The zero-order chi connectivity index (χ0) is 11.1. The minimum absolute atomic E-state index is 0. The smallest absolute Gasteiger partial charge is 0.339 e. The van der Waals surface area contributed by atoms with E-state index in [1.807, 2.05) is 0 Å². The standard InChI is InChI=1S/C7H6O3.ClH.H3O3P/c8-6-4-2-1-3-5(6)7(9)10;;1-4(2)3/h1-4,8H,(H,9,10);1H;1-3H. The number of carboxylic acids is 1. The summed E-state index contributed by atoms with van der Waals surface area (Å²) >= 11 is 0. The highest BCUT2D eigenvalue weighted by molar-refractivity contribution is 7.38. The van der Waals surface area contributed by atoms with Crippen molar-refractivity contribution in [2.75, 3.05) is 0 Å². The minimum Gasteiger partial charge on any atom is -0.507 e. The van der Waals surface area contributed by atoms with Crippen molar-refractivity contribution in [3.63, 3.8) is 0 Å². The Bertz CT molecular complexity index is 303. The average molecular weight is 257 g/mol. The van der Waals surface area contributed by atoms with Crippen LogP contribution in [-0.4, -0.2) is 30.9 Å². The summed E-state index contributed by atoms with van der Waals surface area (Å²) in [7, 11) is -2.62. The van der Waals surface area contributed by atoms with Gasteiger partial charge in [0.05, 0.1) is 0 Å². The number of aromatic carboxylic acids is 1. The normalized spacial score (nSPS) is 8.53. The Hall–Kier alpha value is -0.910. The molecule has 0 saturated heterocycles. The molecule has 0 unspecified atom stereocenters. The lowest BCUT2D eigenvalue weighted by Crippen LogP contribution is -1.95. The average Bonchev–Trinajstić information content (AvgIpc) is 2.03. The Kier molecular flexibility index (Phi) is 9.25. The number of para-hydroxylation sites is 1. The molecule has 0 bridgehead atoms. The van der Waals surface area contributed by atoms with E-state index in [1.54, 1.807) is 12.1 Å². The molecule has 0 atom stereocenters.